The molecule has 1 aromatic heterocycles. The molecule has 2 rings (SSSR count). The second-order valence-electron chi connectivity index (χ2n) is 4.62. The Hall–Kier alpha value is -0.870. The molecule has 1 saturated heterocycles. The number of nitrogens with one attached hydrogen (secondary N) is 1. The van der Waals surface area contributed by atoms with Gasteiger partial charge < -0.3 is 15.0 Å². The lowest BCUT2D eigenvalue weighted by Gasteiger charge is -2.27. The first-order valence-electron chi connectivity index (χ1n) is 6.15. The first kappa shape index (κ1) is 11.6. The molecule has 1 aromatic rings. The predicted molar refractivity (Wildman–Crippen MR) is 63.2 cm³/mol. The van der Waals surface area contributed by atoms with Crippen LogP contribution in [0.3, 0.4) is 0 Å². The molecule has 2 unspecified atom stereocenters. The standard InChI is InChI=1S/C12H21N3O/c1-15-9-8-14-12(15)6-5-11(16)10-4-2-3-7-13-10/h8-11,13,16H,2-7H2,1H3. The minimum Gasteiger partial charge on any atom is -0.391 e. The summed E-state index contributed by atoms with van der Waals surface area (Å²) >= 11 is 0. The lowest BCUT2D eigenvalue weighted by molar-refractivity contribution is 0.104. The predicted octanol–water partition coefficient (Wildman–Crippen LogP) is 0.856. The van der Waals surface area contributed by atoms with Crippen LogP contribution in [0.4, 0.5) is 0 Å². The number of hydrogen-bond acceptors (Lipinski definition) is 3. The van der Waals surface area contributed by atoms with E-state index in [1.165, 1.54) is 12.8 Å². The molecular formula is C12H21N3O. The van der Waals surface area contributed by atoms with Crippen molar-refractivity contribution in [3.05, 3.63) is 18.2 Å². The van der Waals surface area contributed by atoms with Crippen molar-refractivity contribution in [3.8, 4) is 0 Å². The fraction of sp³-hybridized carbons (Fsp3) is 0.750. The van der Waals surface area contributed by atoms with Gasteiger partial charge in [0.2, 0.25) is 0 Å². The normalized spacial score (nSPS) is 23.2. The summed E-state index contributed by atoms with van der Waals surface area (Å²) in [6, 6.07) is 0.286. The Morgan fingerprint density at radius 2 is 2.50 bits per heavy atom. The van der Waals surface area contributed by atoms with Crippen molar-refractivity contribution in [1.29, 1.82) is 0 Å². The highest BCUT2D eigenvalue weighted by atomic mass is 16.3. The molecule has 0 aliphatic carbocycles. The van der Waals surface area contributed by atoms with Crippen molar-refractivity contribution >= 4 is 0 Å². The topological polar surface area (TPSA) is 50.1 Å². The van der Waals surface area contributed by atoms with Gasteiger partial charge in [0.05, 0.1) is 6.10 Å². The number of aliphatic hydroxyl groups excluding tert-OH is 1. The van der Waals surface area contributed by atoms with Crippen molar-refractivity contribution in [3.63, 3.8) is 0 Å². The fourth-order valence-electron chi connectivity index (χ4n) is 2.32. The lowest BCUT2D eigenvalue weighted by atomic mass is 9.97. The molecule has 90 valence electrons. The smallest absolute Gasteiger partial charge is 0.108 e. The zero-order valence-corrected chi connectivity index (χ0v) is 9.89. The van der Waals surface area contributed by atoms with E-state index in [0.29, 0.717) is 0 Å². The van der Waals surface area contributed by atoms with Crippen molar-refractivity contribution < 1.29 is 5.11 Å². The summed E-state index contributed by atoms with van der Waals surface area (Å²) in [4.78, 5) is 4.26. The largest absolute Gasteiger partial charge is 0.391 e. The molecule has 2 atom stereocenters. The molecule has 2 N–H and O–H groups in total. The number of aliphatic hydroxyl groups is 1. The van der Waals surface area contributed by atoms with Gasteiger partial charge in [-0.2, -0.15) is 0 Å². The number of nitrogens with zero attached hydrogens (tertiary/aromatic N) is 2. The zero-order valence-electron chi connectivity index (χ0n) is 9.89. The van der Waals surface area contributed by atoms with Crippen LogP contribution in [0.25, 0.3) is 0 Å². The van der Waals surface area contributed by atoms with E-state index >= 15 is 0 Å². The highest BCUT2D eigenvalue weighted by Crippen LogP contribution is 2.14. The molecule has 0 radical (unpaired) electrons. The molecule has 2 heterocycles. The summed E-state index contributed by atoms with van der Waals surface area (Å²) in [6.45, 7) is 1.05. The molecule has 1 aliphatic rings. The third kappa shape index (κ3) is 2.83. The van der Waals surface area contributed by atoms with Crippen LogP contribution in [0.15, 0.2) is 12.4 Å². The minimum atomic E-state index is -0.239. The molecule has 0 saturated carbocycles. The van der Waals surface area contributed by atoms with E-state index in [1.807, 2.05) is 17.8 Å². The van der Waals surface area contributed by atoms with Crippen LogP contribution in [0.1, 0.15) is 31.5 Å². The monoisotopic (exact) mass is 223 g/mol. The Morgan fingerprint density at radius 1 is 1.62 bits per heavy atom. The average Bonchev–Trinajstić information content (AvgIpc) is 2.73. The maximum absolute atomic E-state index is 10.1. The van der Waals surface area contributed by atoms with Crippen LogP contribution >= 0.6 is 0 Å². The zero-order chi connectivity index (χ0) is 11.4. The first-order chi connectivity index (χ1) is 7.77. The van der Waals surface area contributed by atoms with Crippen molar-refractivity contribution in [2.45, 2.75) is 44.2 Å². The highest BCUT2D eigenvalue weighted by molar-refractivity contribution is 4.92. The number of aryl methyl sites for hydroxylation is 2. The van der Waals surface area contributed by atoms with Gasteiger partial charge in [0.1, 0.15) is 5.82 Å². The maximum atomic E-state index is 10.1. The van der Waals surface area contributed by atoms with Crippen LogP contribution in [-0.2, 0) is 13.5 Å². The number of aromatic nitrogens is 2. The third-order valence-corrected chi connectivity index (χ3v) is 3.40. The van der Waals surface area contributed by atoms with E-state index in [1.54, 1.807) is 6.20 Å². The Kier molecular flexibility index (Phi) is 3.96. The summed E-state index contributed by atoms with van der Waals surface area (Å²) in [6.07, 6.45) is 8.73. The van der Waals surface area contributed by atoms with Gasteiger partial charge >= 0.3 is 0 Å². The van der Waals surface area contributed by atoms with Crippen molar-refractivity contribution in [2.75, 3.05) is 6.54 Å². The van der Waals surface area contributed by atoms with Crippen LogP contribution in [-0.4, -0.2) is 33.3 Å². The van der Waals surface area contributed by atoms with Gasteiger partial charge in [-0.3, -0.25) is 0 Å². The molecule has 1 fully saturated rings. The summed E-state index contributed by atoms with van der Waals surface area (Å²) in [7, 11) is 1.99. The second kappa shape index (κ2) is 5.46. The van der Waals surface area contributed by atoms with Crippen LogP contribution in [0.2, 0.25) is 0 Å². The van der Waals surface area contributed by atoms with Crippen LogP contribution in [0, 0.1) is 0 Å². The number of piperidine rings is 1. The molecule has 0 aromatic carbocycles. The van der Waals surface area contributed by atoms with Gasteiger partial charge in [-0.05, 0) is 25.8 Å². The molecule has 0 bridgehead atoms. The second-order valence-corrected chi connectivity index (χ2v) is 4.62. The van der Waals surface area contributed by atoms with E-state index < -0.39 is 0 Å². The molecule has 4 heteroatoms. The van der Waals surface area contributed by atoms with Gasteiger partial charge in [-0.25, -0.2) is 4.98 Å². The van der Waals surface area contributed by atoms with Gasteiger partial charge in [-0.15, -0.1) is 0 Å². The van der Waals surface area contributed by atoms with Gasteiger partial charge in [0.15, 0.2) is 0 Å². The quantitative estimate of drug-likeness (QED) is 0.796. The SMILES string of the molecule is Cn1ccnc1CCC(O)C1CCCCN1. The van der Waals surface area contributed by atoms with Gasteiger partial charge in [-0.1, -0.05) is 6.42 Å². The molecule has 0 spiro atoms. The van der Waals surface area contributed by atoms with Crippen LogP contribution < -0.4 is 5.32 Å². The van der Waals surface area contributed by atoms with Crippen molar-refractivity contribution in [2.24, 2.45) is 7.05 Å². The summed E-state index contributed by atoms with van der Waals surface area (Å²) in [5.41, 5.74) is 0. The van der Waals surface area contributed by atoms with E-state index in [9.17, 15) is 5.11 Å². The highest BCUT2D eigenvalue weighted by Gasteiger charge is 2.21. The number of rotatable bonds is 4. The summed E-state index contributed by atoms with van der Waals surface area (Å²) in [5.74, 6) is 1.05. The van der Waals surface area contributed by atoms with E-state index in [4.69, 9.17) is 0 Å². The third-order valence-electron chi connectivity index (χ3n) is 3.40. The van der Waals surface area contributed by atoms with Gasteiger partial charge in [0, 0.05) is 31.9 Å². The van der Waals surface area contributed by atoms with Crippen LogP contribution in [0.5, 0.6) is 0 Å². The Bertz CT molecular complexity index is 318. The van der Waals surface area contributed by atoms with E-state index in [0.717, 1.165) is 31.6 Å². The first-order valence-corrected chi connectivity index (χ1v) is 6.15. The minimum absolute atomic E-state index is 0.239. The van der Waals surface area contributed by atoms with E-state index in [-0.39, 0.29) is 12.1 Å². The number of hydrogen-bond donors (Lipinski definition) is 2. The summed E-state index contributed by atoms with van der Waals surface area (Å²) in [5, 5.41) is 13.5. The fourth-order valence-corrected chi connectivity index (χ4v) is 2.32. The Labute approximate surface area is 96.7 Å². The molecule has 0 amide bonds. The average molecular weight is 223 g/mol. The molecular weight excluding hydrogens is 202 g/mol. The molecule has 4 nitrogen and oxygen atoms in total. The maximum Gasteiger partial charge on any atom is 0.108 e. The molecule has 16 heavy (non-hydrogen) atoms. The lowest BCUT2D eigenvalue weighted by Crippen LogP contribution is -2.43. The van der Waals surface area contributed by atoms with Crippen molar-refractivity contribution in [1.82, 2.24) is 14.9 Å². The molecule has 1 aliphatic heterocycles. The number of imidazole rings is 1. The summed E-state index contributed by atoms with van der Waals surface area (Å²) < 4.78 is 2.01. The Morgan fingerprint density at radius 3 is 3.12 bits per heavy atom. The van der Waals surface area contributed by atoms with E-state index in [2.05, 4.69) is 10.3 Å². The Balaban J connectivity index is 1.78. The van der Waals surface area contributed by atoms with Gasteiger partial charge in [0.25, 0.3) is 0 Å².